The molecule has 0 bridgehead atoms. The Morgan fingerprint density at radius 3 is 1.86 bits per heavy atom. The number of allylic oxidation sites excluding steroid dienone is 1. The Bertz CT molecular complexity index is 181. The van der Waals surface area contributed by atoms with Crippen LogP contribution in [0.4, 0.5) is 0 Å². The van der Waals surface area contributed by atoms with E-state index < -0.39 is 0 Å². The molecule has 0 aromatic heterocycles. The van der Waals surface area contributed by atoms with Crippen LogP contribution < -0.4 is 10.6 Å². The molecule has 0 heterocycles. The van der Waals surface area contributed by atoms with Gasteiger partial charge in [-0.1, -0.05) is 27.4 Å². The zero-order valence-corrected chi connectivity index (χ0v) is 10.6. The van der Waals surface area contributed by atoms with Crippen molar-refractivity contribution in [3.63, 3.8) is 0 Å². The molecule has 0 aromatic carbocycles. The van der Waals surface area contributed by atoms with E-state index in [1.807, 2.05) is 0 Å². The van der Waals surface area contributed by atoms with E-state index in [9.17, 15) is 0 Å². The summed E-state index contributed by atoms with van der Waals surface area (Å²) < 4.78 is 0. The predicted molar refractivity (Wildman–Crippen MR) is 64.4 cm³/mol. The van der Waals surface area contributed by atoms with Gasteiger partial charge >= 0.3 is 0 Å². The third-order valence-electron chi connectivity index (χ3n) is 2.02. The van der Waals surface area contributed by atoms with E-state index in [1.165, 1.54) is 0 Å². The van der Waals surface area contributed by atoms with Crippen molar-refractivity contribution in [1.29, 1.82) is 0 Å². The molecule has 2 nitrogen and oxygen atoms in total. The first kappa shape index (κ1) is 13.5. The Balaban J connectivity index is 3.62. The quantitative estimate of drug-likeness (QED) is 0.678. The van der Waals surface area contributed by atoms with Crippen LogP contribution in [0.2, 0.25) is 0 Å². The molecule has 84 valence electrons. The molecule has 0 fully saturated rings. The first-order valence-corrected chi connectivity index (χ1v) is 5.31. The third-order valence-corrected chi connectivity index (χ3v) is 2.02. The van der Waals surface area contributed by atoms with E-state index in [0.717, 1.165) is 18.8 Å². The van der Waals surface area contributed by atoms with Gasteiger partial charge in [0, 0.05) is 29.7 Å². The highest BCUT2D eigenvalue weighted by Gasteiger charge is 2.14. The summed E-state index contributed by atoms with van der Waals surface area (Å²) in [5.41, 5.74) is 1.46. The summed E-state index contributed by atoms with van der Waals surface area (Å²) >= 11 is 0. The van der Waals surface area contributed by atoms with Gasteiger partial charge in [-0.15, -0.1) is 0 Å². The normalized spacial score (nSPS) is 12.7. The van der Waals surface area contributed by atoms with E-state index in [0.29, 0.717) is 0 Å². The summed E-state index contributed by atoms with van der Waals surface area (Å²) in [6.07, 6.45) is 0. The SMILES string of the molecule is C=C(NCCNC(C)(C)C)C(C)(C)C. The van der Waals surface area contributed by atoms with Crippen molar-refractivity contribution in [1.82, 2.24) is 10.6 Å². The summed E-state index contributed by atoms with van der Waals surface area (Å²) in [6, 6.07) is 0. The minimum absolute atomic E-state index is 0.154. The van der Waals surface area contributed by atoms with Crippen LogP contribution in [0.1, 0.15) is 41.5 Å². The maximum absolute atomic E-state index is 4.02. The molecule has 0 aliphatic rings. The molecular weight excluding hydrogens is 172 g/mol. The molecule has 0 rings (SSSR count). The van der Waals surface area contributed by atoms with E-state index in [2.05, 4.69) is 58.8 Å². The van der Waals surface area contributed by atoms with Crippen LogP contribution >= 0.6 is 0 Å². The Labute approximate surface area is 89.2 Å². The van der Waals surface area contributed by atoms with E-state index in [1.54, 1.807) is 0 Å². The van der Waals surface area contributed by atoms with E-state index in [-0.39, 0.29) is 11.0 Å². The lowest BCUT2D eigenvalue weighted by Gasteiger charge is -2.25. The molecule has 0 saturated carbocycles. The molecule has 0 saturated heterocycles. The molecule has 0 radical (unpaired) electrons. The van der Waals surface area contributed by atoms with Crippen LogP contribution in [-0.4, -0.2) is 18.6 Å². The second-order valence-corrected chi connectivity index (χ2v) is 5.83. The predicted octanol–water partition coefficient (Wildman–Crippen LogP) is 2.52. The highest BCUT2D eigenvalue weighted by molar-refractivity contribution is 5.02. The highest BCUT2D eigenvalue weighted by atomic mass is 15.0. The Hall–Kier alpha value is -0.500. The monoisotopic (exact) mass is 198 g/mol. The first-order chi connectivity index (χ1) is 6.13. The van der Waals surface area contributed by atoms with Gasteiger partial charge in [0.1, 0.15) is 0 Å². The van der Waals surface area contributed by atoms with Crippen LogP contribution in [0.25, 0.3) is 0 Å². The standard InChI is InChI=1S/C12H26N2/c1-10(11(2,3)4)13-8-9-14-12(5,6)7/h13-14H,1,8-9H2,2-7H3. The van der Waals surface area contributed by atoms with Crippen LogP contribution in [-0.2, 0) is 0 Å². The molecule has 2 N–H and O–H groups in total. The average molecular weight is 198 g/mol. The average Bonchev–Trinajstić information content (AvgIpc) is 1.93. The summed E-state index contributed by atoms with van der Waals surface area (Å²) in [5, 5.41) is 6.76. The van der Waals surface area contributed by atoms with Crippen molar-refractivity contribution in [2.75, 3.05) is 13.1 Å². The van der Waals surface area contributed by atoms with Crippen LogP contribution in [0, 0.1) is 5.41 Å². The topological polar surface area (TPSA) is 24.1 Å². The molecule has 0 aromatic rings. The van der Waals surface area contributed by atoms with Crippen molar-refractivity contribution in [2.24, 2.45) is 5.41 Å². The highest BCUT2D eigenvalue weighted by Crippen LogP contribution is 2.20. The second-order valence-electron chi connectivity index (χ2n) is 5.83. The van der Waals surface area contributed by atoms with E-state index in [4.69, 9.17) is 0 Å². The van der Waals surface area contributed by atoms with Crippen LogP contribution in [0.3, 0.4) is 0 Å². The summed E-state index contributed by atoms with van der Waals surface area (Å²) in [7, 11) is 0. The zero-order chi connectivity index (χ0) is 11.4. The molecule has 0 spiro atoms. The molecule has 0 aliphatic carbocycles. The van der Waals surface area contributed by atoms with Crippen molar-refractivity contribution in [3.05, 3.63) is 12.3 Å². The van der Waals surface area contributed by atoms with Gasteiger partial charge in [0.25, 0.3) is 0 Å². The van der Waals surface area contributed by atoms with Gasteiger partial charge in [0.15, 0.2) is 0 Å². The molecule has 0 atom stereocenters. The van der Waals surface area contributed by atoms with E-state index >= 15 is 0 Å². The zero-order valence-electron chi connectivity index (χ0n) is 10.6. The van der Waals surface area contributed by atoms with Gasteiger partial charge in [-0.3, -0.25) is 0 Å². The minimum atomic E-state index is 0.154. The summed E-state index contributed by atoms with van der Waals surface area (Å²) in [4.78, 5) is 0. The summed E-state index contributed by atoms with van der Waals surface area (Å²) in [5.74, 6) is 0. The molecular formula is C12H26N2. The lowest BCUT2D eigenvalue weighted by atomic mass is 9.93. The maximum Gasteiger partial charge on any atom is 0.0269 e. The van der Waals surface area contributed by atoms with Gasteiger partial charge in [0.2, 0.25) is 0 Å². The van der Waals surface area contributed by atoms with Crippen molar-refractivity contribution in [2.45, 2.75) is 47.1 Å². The molecule has 0 amide bonds. The Kier molecular flexibility index (Phi) is 4.66. The lowest BCUT2D eigenvalue weighted by Crippen LogP contribution is -2.40. The van der Waals surface area contributed by atoms with Crippen molar-refractivity contribution >= 4 is 0 Å². The summed E-state index contributed by atoms with van der Waals surface area (Å²) in [6.45, 7) is 18.9. The lowest BCUT2D eigenvalue weighted by molar-refractivity contribution is 0.412. The van der Waals surface area contributed by atoms with Crippen LogP contribution in [0.5, 0.6) is 0 Å². The largest absolute Gasteiger partial charge is 0.387 e. The van der Waals surface area contributed by atoms with Gasteiger partial charge in [-0.2, -0.15) is 0 Å². The first-order valence-electron chi connectivity index (χ1n) is 5.31. The smallest absolute Gasteiger partial charge is 0.0269 e. The van der Waals surface area contributed by atoms with Gasteiger partial charge in [0.05, 0.1) is 0 Å². The second kappa shape index (κ2) is 4.83. The molecule has 0 unspecified atom stereocenters. The third kappa shape index (κ3) is 6.96. The number of hydrogen-bond donors (Lipinski definition) is 2. The van der Waals surface area contributed by atoms with Gasteiger partial charge in [-0.25, -0.2) is 0 Å². The molecule has 2 heteroatoms. The maximum atomic E-state index is 4.02. The molecule has 14 heavy (non-hydrogen) atoms. The van der Waals surface area contributed by atoms with Gasteiger partial charge < -0.3 is 10.6 Å². The Morgan fingerprint density at radius 1 is 1.00 bits per heavy atom. The fourth-order valence-electron chi connectivity index (χ4n) is 0.916. The Morgan fingerprint density at radius 2 is 1.50 bits per heavy atom. The number of rotatable bonds is 4. The minimum Gasteiger partial charge on any atom is -0.387 e. The molecule has 0 aliphatic heterocycles. The number of nitrogens with one attached hydrogen (secondary N) is 2. The van der Waals surface area contributed by atoms with Crippen LogP contribution in [0.15, 0.2) is 12.3 Å². The van der Waals surface area contributed by atoms with Crippen molar-refractivity contribution < 1.29 is 0 Å². The van der Waals surface area contributed by atoms with Gasteiger partial charge in [-0.05, 0) is 20.8 Å². The van der Waals surface area contributed by atoms with Crippen molar-refractivity contribution in [3.8, 4) is 0 Å². The fraction of sp³-hybridized carbons (Fsp3) is 0.833. The fourth-order valence-corrected chi connectivity index (χ4v) is 0.916. The number of hydrogen-bond acceptors (Lipinski definition) is 2.